The van der Waals surface area contributed by atoms with E-state index < -0.39 is 11.6 Å². The molecule has 4 rings (SSSR count). The molecule has 1 amide bonds. The van der Waals surface area contributed by atoms with Gasteiger partial charge in [0.05, 0.1) is 0 Å². The minimum atomic E-state index is -0.886. The first-order valence-electron chi connectivity index (χ1n) is 8.72. The van der Waals surface area contributed by atoms with Crippen molar-refractivity contribution in [2.75, 3.05) is 6.54 Å². The third kappa shape index (κ3) is 2.85. The molecule has 3 aromatic rings. The molecule has 1 aliphatic heterocycles. The third-order valence-electron chi connectivity index (χ3n) is 4.82. The highest BCUT2D eigenvalue weighted by atomic mass is 19.2. The summed E-state index contributed by atoms with van der Waals surface area (Å²) < 4.78 is 32.5. The molecule has 1 unspecified atom stereocenters. The van der Waals surface area contributed by atoms with E-state index >= 15 is 0 Å². The molecule has 4 nitrogen and oxygen atoms in total. The molecule has 0 saturated carbocycles. The predicted octanol–water partition coefficient (Wildman–Crippen LogP) is 4.85. The number of carbonyl (C=O) groups excluding carboxylic acids is 1. The van der Waals surface area contributed by atoms with Crippen molar-refractivity contribution in [2.45, 2.75) is 32.2 Å². The largest absolute Gasteiger partial charge is 0.438 e. The molecular formula is C20H18F2N2O2. The second-order valence-corrected chi connectivity index (χ2v) is 6.46. The Bertz CT molecular complexity index is 983. The van der Waals surface area contributed by atoms with Crippen LogP contribution in [0.25, 0.3) is 22.2 Å². The normalized spacial score (nSPS) is 17.2. The van der Waals surface area contributed by atoms with Crippen LogP contribution in [0.2, 0.25) is 0 Å². The van der Waals surface area contributed by atoms with Gasteiger partial charge in [-0.3, -0.25) is 4.79 Å². The third-order valence-corrected chi connectivity index (χ3v) is 4.82. The highest BCUT2D eigenvalue weighted by Gasteiger charge is 2.32. The van der Waals surface area contributed by atoms with Gasteiger partial charge < -0.3 is 9.32 Å². The molecule has 2 heterocycles. The number of hydrogen-bond donors (Lipinski definition) is 0. The van der Waals surface area contributed by atoms with Gasteiger partial charge in [0.15, 0.2) is 17.2 Å². The van der Waals surface area contributed by atoms with Gasteiger partial charge in [-0.05, 0) is 48.2 Å². The molecule has 1 fully saturated rings. The van der Waals surface area contributed by atoms with Crippen LogP contribution in [0.1, 0.15) is 38.1 Å². The van der Waals surface area contributed by atoms with Gasteiger partial charge in [0, 0.05) is 13.0 Å². The van der Waals surface area contributed by atoms with Crippen LogP contribution in [0.4, 0.5) is 8.78 Å². The molecule has 0 spiro atoms. The number of rotatable bonds is 3. The highest BCUT2D eigenvalue weighted by Crippen LogP contribution is 2.34. The number of fused-ring (bicyclic) bond motifs is 1. The topological polar surface area (TPSA) is 46.3 Å². The fourth-order valence-electron chi connectivity index (χ4n) is 3.47. The van der Waals surface area contributed by atoms with E-state index in [0.29, 0.717) is 29.0 Å². The summed E-state index contributed by atoms with van der Waals surface area (Å²) in [7, 11) is 0. The van der Waals surface area contributed by atoms with E-state index in [1.165, 1.54) is 6.07 Å². The van der Waals surface area contributed by atoms with Crippen molar-refractivity contribution in [3.05, 3.63) is 53.9 Å². The lowest BCUT2D eigenvalue weighted by atomic mass is 10.1. The number of benzene rings is 2. The average Bonchev–Trinajstić information content (AvgIpc) is 3.28. The lowest BCUT2D eigenvalue weighted by Crippen LogP contribution is -2.29. The molecule has 134 valence electrons. The summed E-state index contributed by atoms with van der Waals surface area (Å²) in [6.07, 6.45) is 2.21. The molecule has 2 aromatic carbocycles. The van der Waals surface area contributed by atoms with Crippen LogP contribution in [-0.2, 0) is 4.79 Å². The van der Waals surface area contributed by atoms with Gasteiger partial charge in [0.2, 0.25) is 11.8 Å². The first-order chi connectivity index (χ1) is 12.6. The van der Waals surface area contributed by atoms with Crippen molar-refractivity contribution in [2.24, 2.45) is 0 Å². The first-order valence-corrected chi connectivity index (χ1v) is 8.72. The lowest BCUT2D eigenvalue weighted by Gasteiger charge is -2.21. The summed E-state index contributed by atoms with van der Waals surface area (Å²) in [6.45, 7) is 2.56. The van der Waals surface area contributed by atoms with Crippen LogP contribution in [0.5, 0.6) is 0 Å². The summed E-state index contributed by atoms with van der Waals surface area (Å²) in [6, 6.07) is 9.00. The average molecular weight is 356 g/mol. The van der Waals surface area contributed by atoms with Crippen molar-refractivity contribution >= 4 is 17.0 Å². The van der Waals surface area contributed by atoms with Crippen molar-refractivity contribution in [3.8, 4) is 11.1 Å². The molecule has 6 heteroatoms. The number of amides is 1. The molecule has 1 saturated heterocycles. The van der Waals surface area contributed by atoms with E-state index in [0.717, 1.165) is 37.1 Å². The Hall–Kier alpha value is -2.76. The number of halogens is 2. The van der Waals surface area contributed by atoms with Crippen LogP contribution in [-0.4, -0.2) is 22.3 Å². The van der Waals surface area contributed by atoms with Crippen LogP contribution < -0.4 is 0 Å². The maximum atomic E-state index is 13.5. The fraction of sp³-hybridized carbons (Fsp3) is 0.300. The standard InChI is InChI=1S/C20H18F2N2O2/c1-2-19(25)24-9-3-4-17(24)20-23-16-11-13(6-8-18(16)26-20)12-5-7-14(21)15(22)10-12/h5-8,10-11,17H,2-4,9H2,1H3. The van der Waals surface area contributed by atoms with Gasteiger partial charge in [-0.1, -0.05) is 19.1 Å². The minimum absolute atomic E-state index is 0.0947. The molecular weight excluding hydrogens is 338 g/mol. The zero-order valence-corrected chi connectivity index (χ0v) is 14.3. The Morgan fingerprint density at radius 1 is 1.19 bits per heavy atom. The first kappa shape index (κ1) is 16.7. The van der Waals surface area contributed by atoms with E-state index in [4.69, 9.17) is 4.42 Å². The second kappa shape index (κ2) is 6.52. The summed E-state index contributed by atoms with van der Waals surface area (Å²) >= 11 is 0. The van der Waals surface area contributed by atoms with Gasteiger partial charge in [0.1, 0.15) is 11.6 Å². The van der Waals surface area contributed by atoms with Gasteiger partial charge in [-0.25, -0.2) is 13.8 Å². The molecule has 26 heavy (non-hydrogen) atoms. The van der Waals surface area contributed by atoms with E-state index in [-0.39, 0.29) is 11.9 Å². The summed E-state index contributed by atoms with van der Waals surface area (Å²) in [5.74, 6) is -1.14. The second-order valence-electron chi connectivity index (χ2n) is 6.46. The van der Waals surface area contributed by atoms with Gasteiger partial charge >= 0.3 is 0 Å². The number of aromatic nitrogens is 1. The van der Waals surface area contributed by atoms with Crippen LogP contribution in [0.15, 0.2) is 40.8 Å². The van der Waals surface area contributed by atoms with E-state index in [1.54, 1.807) is 18.2 Å². The lowest BCUT2D eigenvalue weighted by molar-refractivity contribution is -0.132. The van der Waals surface area contributed by atoms with Crippen LogP contribution in [0, 0.1) is 11.6 Å². The SMILES string of the molecule is CCC(=O)N1CCCC1c1nc2cc(-c3ccc(F)c(F)c3)ccc2o1. The summed E-state index contributed by atoms with van der Waals surface area (Å²) in [4.78, 5) is 18.5. The number of oxazole rings is 1. The number of nitrogens with zero attached hydrogens (tertiary/aromatic N) is 2. The predicted molar refractivity (Wildman–Crippen MR) is 93.3 cm³/mol. The van der Waals surface area contributed by atoms with E-state index in [2.05, 4.69) is 4.98 Å². The Kier molecular flexibility index (Phi) is 4.18. The smallest absolute Gasteiger partial charge is 0.222 e. The van der Waals surface area contributed by atoms with Crippen molar-refractivity contribution < 1.29 is 18.0 Å². The monoisotopic (exact) mass is 356 g/mol. The molecule has 0 radical (unpaired) electrons. The van der Waals surface area contributed by atoms with Crippen LogP contribution in [0.3, 0.4) is 0 Å². The number of likely N-dealkylation sites (tertiary alicyclic amines) is 1. The Morgan fingerprint density at radius 3 is 2.73 bits per heavy atom. The fourth-order valence-corrected chi connectivity index (χ4v) is 3.47. The quantitative estimate of drug-likeness (QED) is 0.674. The molecule has 0 bridgehead atoms. The Balaban J connectivity index is 1.70. The number of hydrogen-bond acceptors (Lipinski definition) is 3. The number of carbonyl (C=O) groups is 1. The Morgan fingerprint density at radius 2 is 1.96 bits per heavy atom. The van der Waals surface area contributed by atoms with Crippen molar-refractivity contribution in [3.63, 3.8) is 0 Å². The Labute approximate surface area is 149 Å². The summed E-state index contributed by atoms with van der Waals surface area (Å²) in [5.41, 5.74) is 2.54. The molecule has 0 aliphatic carbocycles. The van der Waals surface area contributed by atoms with Gasteiger partial charge in [-0.15, -0.1) is 0 Å². The van der Waals surface area contributed by atoms with Gasteiger partial charge in [0.25, 0.3) is 0 Å². The zero-order valence-electron chi connectivity index (χ0n) is 14.3. The molecule has 0 N–H and O–H groups in total. The highest BCUT2D eigenvalue weighted by molar-refractivity contribution is 5.81. The van der Waals surface area contributed by atoms with E-state index in [9.17, 15) is 13.6 Å². The minimum Gasteiger partial charge on any atom is -0.438 e. The summed E-state index contributed by atoms with van der Waals surface area (Å²) in [5, 5.41) is 0. The molecule has 1 aromatic heterocycles. The van der Waals surface area contributed by atoms with Crippen molar-refractivity contribution in [1.29, 1.82) is 0 Å². The maximum Gasteiger partial charge on any atom is 0.222 e. The molecule has 1 atom stereocenters. The zero-order chi connectivity index (χ0) is 18.3. The van der Waals surface area contributed by atoms with E-state index in [1.807, 2.05) is 11.8 Å². The maximum absolute atomic E-state index is 13.5. The van der Waals surface area contributed by atoms with Gasteiger partial charge in [-0.2, -0.15) is 0 Å². The molecule has 1 aliphatic rings. The van der Waals surface area contributed by atoms with Crippen molar-refractivity contribution in [1.82, 2.24) is 9.88 Å². The van der Waals surface area contributed by atoms with Crippen LogP contribution >= 0.6 is 0 Å².